The van der Waals surface area contributed by atoms with E-state index in [0.29, 0.717) is 0 Å². The van der Waals surface area contributed by atoms with Gasteiger partial charge in [0.15, 0.2) is 0 Å². The Morgan fingerprint density at radius 2 is 1.86 bits per heavy atom. The molecule has 0 unspecified atom stereocenters. The van der Waals surface area contributed by atoms with E-state index < -0.39 is 0 Å². The van der Waals surface area contributed by atoms with E-state index in [1.54, 1.807) is 0 Å². The number of rotatable bonds is 9. The smallest absolute Gasteiger partial charge is 0.128 e. The van der Waals surface area contributed by atoms with Crippen molar-refractivity contribution in [1.29, 1.82) is 0 Å². The van der Waals surface area contributed by atoms with Crippen molar-refractivity contribution < 1.29 is 0 Å². The average molecular weight is 317 g/mol. The summed E-state index contributed by atoms with van der Waals surface area (Å²) >= 11 is 6.10. The first-order valence-corrected chi connectivity index (χ1v) is 8.58. The molecule has 1 aromatic carbocycles. The molecule has 0 aliphatic rings. The molecule has 2 nitrogen and oxygen atoms in total. The molecule has 0 aliphatic heterocycles. The predicted molar refractivity (Wildman–Crippen MR) is 95.5 cm³/mol. The van der Waals surface area contributed by atoms with Crippen LogP contribution >= 0.6 is 11.6 Å². The summed E-state index contributed by atoms with van der Waals surface area (Å²) in [6.45, 7) is 4.14. The van der Waals surface area contributed by atoms with Crippen molar-refractivity contribution in [3.05, 3.63) is 59.2 Å². The molecular weight excluding hydrogens is 292 g/mol. The summed E-state index contributed by atoms with van der Waals surface area (Å²) in [7, 11) is 0. The van der Waals surface area contributed by atoms with Gasteiger partial charge in [0.05, 0.1) is 0 Å². The van der Waals surface area contributed by atoms with Gasteiger partial charge in [-0.3, -0.25) is 0 Å². The van der Waals surface area contributed by atoms with Crippen LogP contribution in [0.15, 0.2) is 48.7 Å². The number of pyridine rings is 1. The first-order valence-electron chi connectivity index (χ1n) is 8.20. The molecule has 22 heavy (non-hydrogen) atoms. The zero-order valence-corrected chi connectivity index (χ0v) is 14.1. The number of nitrogens with zero attached hydrogens (tertiary/aromatic N) is 2. The zero-order valence-electron chi connectivity index (χ0n) is 13.3. The average Bonchev–Trinajstić information content (AvgIpc) is 2.54. The van der Waals surface area contributed by atoms with Gasteiger partial charge in [-0.15, -0.1) is 0 Å². The van der Waals surface area contributed by atoms with Crippen LogP contribution in [0.3, 0.4) is 0 Å². The quantitative estimate of drug-likeness (QED) is 0.551. The van der Waals surface area contributed by atoms with Gasteiger partial charge in [0, 0.05) is 24.3 Å². The Morgan fingerprint density at radius 3 is 2.59 bits per heavy atom. The molecular formula is C19H25ClN2. The molecule has 2 rings (SSSR count). The van der Waals surface area contributed by atoms with Crippen LogP contribution in [0.2, 0.25) is 5.02 Å². The van der Waals surface area contributed by atoms with Crippen LogP contribution in [0.4, 0.5) is 5.82 Å². The molecule has 0 spiro atoms. The molecule has 1 aromatic heterocycles. The number of hydrogen-bond acceptors (Lipinski definition) is 2. The van der Waals surface area contributed by atoms with E-state index >= 15 is 0 Å². The minimum atomic E-state index is 0.793. The number of hydrogen-bond donors (Lipinski definition) is 0. The molecule has 118 valence electrons. The van der Waals surface area contributed by atoms with Gasteiger partial charge in [-0.05, 0) is 36.2 Å². The van der Waals surface area contributed by atoms with Gasteiger partial charge in [-0.2, -0.15) is 0 Å². The van der Waals surface area contributed by atoms with E-state index in [1.807, 2.05) is 36.5 Å². The Balaban J connectivity index is 1.99. The first kappa shape index (κ1) is 16.8. The van der Waals surface area contributed by atoms with E-state index in [-0.39, 0.29) is 0 Å². The lowest BCUT2D eigenvalue weighted by atomic mass is 10.1. The number of benzene rings is 1. The van der Waals surface area contributed by atoms with Crippen LogP contribution in [-0.2, 0) is 6.54 Å². The molecule has 0 N–H and O–H groups in total. The summed E-state index contributed by atoms with van der Waals surface area (Å²) in [5.74, 6) is 1.04. The molecule has 0 bridgehead atoms. The Kier molecular flexibility index (Phi) is 7.24. The number of halogens is 1. The topological polar surface area (TPSA) is 16.1 Å². The van der Waals surface area contributed by atoms with Gasteiger partial charge in [0.25, 0.3) is 0 Å². The molecule has 0 aliphatic carbocycles. The van der Waals surface area contributed by atoms with E-state index in [9.17, 15) is 0 Å². The highest BCUT2D eigenvalue weighted by molar-refractivity contribution is 6.30. The van der Waals surface area contributed by atoms with Crippen LogP contribution in [0.25, 0.3) is 0 Å². The Morgan fingerprint density at radius 1 is 1.00 bits per heavy atom. The molecule has 3 heteroatoms. The highest BCUT2D eigenvalue weighted by Gasteiger charge is 2.08. The number of aromatic nitrogens is 1. The SMILES string of the molecule is CCCCCCCN(Cc1cccc(Cl)c1)c1ccccn1. The predicted octanol–water partition coefficient (Wildman–Crippen LogP) is 5.71. The maximum absolute atomic E-state index is 6.10. The summed E-state index contributed by atoms with van der Waals surface area (Å²) in [6.07, 6.45) is 8.29. The number of anilines is 1. The minimum absolute atomic E-state index is 0.793. The second kappa shape index (κ2) is 9.47. The summed E-state index contributed by atoms with van der Waals surface area (Å²) in [6, 6.07) is 14.2. The van der Waals surface area contributed by atoms with Crippen molar-refractivity contribution in [2.75, 3.05) is 11.4 Å². The van der Waals surface area contributed by atoms with E-state index in [0.717, 1.165) is 23.9 Å². The van der Waals surface area contributed by atoms with Crippen molar-refractivity contribution in [3.8, 4) is 0 Å². The zero-order chi connectivity index (χ0) is 15.6. The van der Waals surface area contributed by atoms with Crippen molar-refractivity contribution in [3.63, 3.8) is 0 Å². The van der Waals surface area contributed by atoms with Gasteiger partial charge in [-0.25, -0.2) is 4.98 Å². The Labute approximate surface area is 139 Å². The third kappa shape index (κ3) is 5.69. The van der Waals surface area contributed by atoms with Crippen LogP contribution in [-0.4, -0.2) is 11.5 Å². The molecule has 0 amide bonds. The fourth-order valence-corrected chi connectivity index (χ4v) is 2.79. The lowest BCUT2D eigenvalue weighted by molar-refractivity contribution is 0.615. The van der Waals surface area contributed by atoms with E-state index in [1.165, 1.54) is 37.7 Å². The second-order valence-electron chi connectivity index (χ2n) is 5.65. The highest BCUT2D eigenvalue weighted by Crippen LogP contribution is 2.18. The molecule has 0 atom stereocenters. The summed E-state index contributed by atoms with van der Waals surface area (Å²) < 4.78 is 0. The monoisotopic (exact) mass is 316 g/mol. The lowest BCUT2D eigenvalue weighted by Crippen LogP contribution is -2.24. The maximum atomic E-state index is 6.10. The minimum Gasteiger partial charge on any atom is -0.352 e. The summed E-state index contributed by atoms with van der Waals surface area (Å²) in [4.78, 5) is 6.85. The summed E-state index contributed by atoms with van der Waals surface area (Å²) in [5.41, 5.74) is 1.23. The molecule has 2 aromatic rings. The van der Waals surface area contributed by atoms with Gasteiger partial charge in [-0.1, -0.05) is 62.4 Å². The third-order valence-electron chi connectivity index (χ3n) is 3.77. The fraction of sp³-hybridized carbons (Fsp3) is 0.421. The van der Waals surface area contributed by atoms with Gasteiger partial charge < -0.3 is 4.90 Å². The van der Waals surface area contributed by atoms with Crippen molar-refractivity contribution >= 4 is 17.4 Å². The molecule has 0 saturated heterocycles. The fourth-order valence-electron chi connectivity index (χ4n) is 2.58. The first-order chi connectivity index (χ1) is 10.8. The summed E-state index contributed by atoms with van der Waals surface area (Å²) in [5, 5.41) is 0.793. The lowest BCUT2D eigenvalue weighted by Gasteiger charge is -2.24. The van der Waals surface area contributed by atoms with E-state index in [4.69, 9.17) is 11.6 Å². The molecule has 0 radical (unpaired) electrons. The Hall–Kier alpha value is -1.54. The van der Waals surface area contributed by atoms with Crippen molar-refractivity contribution in [2.24, 2.45) is 0 Å². The standard InChI is InChI=1S/C19H25ClN2/c1-2-3-4-5-8-14-22(19-12-6-7-13-21-19)16-17-10-9-11-18(20)15-17/h6-7,9-13,15H,2-5,8,14,16H2,1H3. The molecule has 1 heterocycles. The van der Waals surface area contributed by atoms with E-state index in [2.05, 4.69) is 28.9 Å². The normalized spacial score (nSPS) is 10.6. The molecule has 0 saturated carbocycles. The second-order valence-corrected chi connectivity index (χ2v) is 6.09. The van der Waals surface area contributed by atoms with Crippen LogP contribution in [0.1, 0.15) is 44.6 Å². The third-order valence-corrected chi connectivity index (χ3v) is 4.00. The largest absolute Gasteiger partial charge is 0.352 e. The highest BCUT2D eigenvalue weighted by atomic mass is 35.5. The van der Waals surface area contributed by atoms with Crippen LogP contribution < -0.4 is 4.90 Å². The van der Waals surface area contributed by atoms with Crippen LogP contribution in [0, 0.1) is 0 Å². The van der Waals surface area contributed by atoms with Gasteiger partial charge in [0.1, 0.15) is 5.82 Å². The van der Waals surface area contributed by atoms with Crippen LogP contribution in [0.5, 0.6) is 0 Å². The van der Waals surface area contributed by atoms with Crippen molar-refractivity contribution in [2.45, 2.75) is 45.6 Å². The Bertz CT molecular complexity index is 542. The maximum Gasteiger partial charge on any atom is 0.128 e. The van der Waals surface area contributed by atoms with Gasteiger partial charge in [0.2, 0.25) is 0 Å². The van der Waals surface area contributed by atoms with Crippen molar-refractivity contribution in [1.82, 2.24) is 4.98 Å². The van der Waals surface area contributed by atoms with Gasteiger partial charge >= 0.3 is 0 Å². The number of unbranched alkanes of at least 4 members (excludes halogenated alkanes) is 4. The molecule has 0 fully saturated rings.